The molecule has 1 heterocycles. The van der Waals surface area contributed by atoms with Crippen molar-refractivity contribution in [3.63, 3.8) is 0 Å². The standard InChI is InChI=1S/C21H15F3N4O2S/c1-12-8-13(11-25)6-7-17(12)30-20-16(10-18(27-28-20)21(22,23)24)19(29)26-14-4-3-5-15(9-14)31-2/h3-10H,1-2H3,(H,26,29). The molecule has 0 aliphatic heterocycles. The number of amides is 1. The number of carbonyl (C=O) groups is 1. The maximum absolute atomic E-state index is 13.2. The molecule has 6 nitrogen and oxygen atoms in total. The molecule has 31 heavy (non-hydrogen) atoms. The van der Waals surface area contributed by atoms with Gasteiger partial charge in [-0.05, 0) is 61.2 Å². The lowest BCUT2D eigenvalue weighted by atomic mass is 10.1. The van der Waals surface area contributed by atoms with Crippen LogP contribution in [0.25, 0.3) is 0 Å². The van der Waals surface area contributed by atoms with Crippen molar-refractivity contribution in [3.05, 3.63) is 70.9 Å². The van der Waals surface area contributed by atoms with Crippen LogP contribution in [0.4, 0.5) is 18.9 Å². The van der Waals surface area contributed by atoms with Crippen molar-refractivity contribution >= 4 is 23.4 Å². The summed E-state index contributed by atoms with van der Waals surface area (Å²) < 4.78 is 45.1. The zero-order valence-corrected chi connectivity index (χ0v) is 17.1. The van der Waals surface area contributed by atoms with E-state index in [0.29, 0.717) is 22.9 Å². The molecular weight excluding hydrogens is 429 g/mol. The molecule has 0 spiro atoms. The summed E-state index contributed by atoms with van der Waals surface area (Å²) in [5, 5.41) is 18.2. The molecule has 0 aliphatic rings. The number of ether oxygens (including phenoxy) is 1. The first kappa shape index (κ1) is 22.1. The highest BCUT2D eigenvalue weighted by atomic mass is 32.2. The Labute approximate surface area is 180 Å². The summed E-state index contributed by atoms with van der Waals surface area (Å²) in [5.74, 6) is -0.995. The molecule has 3 rings (SSSR count). The molecule has 0 aliphatic carbocycles. The number of aryl methyl sites for hydroxylation is 1. The molecule has 0 radical (unpaired) electrons. The van der Waals surface area contributed by atoms with Crippen LogP contribution in [0.1, 0.15) is 27.2 Å². The second-order valence-corrected chi connectivity index (χ2v) is 7.21. The number of anilines is 1. The molecule has 0 saturated heterocycles. The maximum atomic E-state index is 13.2. The topological polar surface area (TPSA) is 87.9 Å². The summed E-state index contributed by atoms with van der Waals surface area (Å²) >= 11 is 1.45. The third-order valence-electron chi connectivity index (χ3n) is 4.13. The van der Waals surface area contributed by atoms with Crippen molar-refractivity contribution in [2.75, 3.05) is 11.6 Å². The lowest BCUT2D eigenvalue weighted by Crippen LogP contribution is -2.18. The van der Waals surface area contributed by atoms with Gasteiger partial charge in [-0.2, -0.15) is 18.4 Å². The van der Waals surface area contributed by atoms with Crippen molar-refractivity contribution in [1.82, 2.24) is 10.2 Å². The number of nitrogens with zero attached hydrogens (tertiary/aromatic N) is 3. The summed E-state index contributed by atoms with van der Waals surface area (Å²) in [7, 11) is 0. The highest BCUT2D eigenvalue weighted by Gasteiger charge is 2.35. The largest absolute Gasteiger partial charge is 0.437 e. The third-order valence-corrected chi connectivity index (χ3v) is 4.86. The number of hydrogen-bond acceptors (Lipinski definition) is 6. The maximum Gasteiger partial charge on any atom is 0.435 e. The molecule has 2 aromatic carbocycles. The van der Waals surface area contributed by atoms with E-state index < -0.39 is 23.3 Å². The molecule has 158 valence electrons. The minimum Gasteiger partial charge on any atom is -0.437 e. The third kappa shape index (κ3) is 5.32. The molecule has 10 heteroatoms. The van der Waals surface area contributed by atoms with Crippen molar-refractivity contribution in [1.29, 1.82) is 5.26 Å². The molecule has 0 fully saturated rings. The van der Waals surface area contributed by atoms with Crippen LogP contribution in [0, 0.1) is 18.3 Å². The highest BCUT2D eigenvalue weighted by Crippen LogP contribution is 2.32. The van der Waals surface area contributed by atoms with Gasteiger partial charge < -0.3 is 10.1 Å². The highest BCUT2D eigenvalue weighted by molar-refractivity contribution is 7.98. The average Bonchev–Trinajstić information content (AvgIpc) is 2.74. The van der Waals surface area contributed by atoms with Gasteiger partial charge in [0.15, 0.2) is 5.69 Å². The predicted molar refractivity (Wildman–Crippen MR) is 109 cm³/mol. The Balaban J connectivity index is 1.99. The molecule has 0 atom stereocenters. The van der Waals surface area contributed by atoms with E-state index in [0.717, 1.165) is 4.90 Å². The van der Waals surface area contributed by atoms with Crippen LogP contribution in [0.5, 0.6) is 11.6 Å². The Morgan fingerprint density at radius 1 is 1.16 bits per heavy atom. The monoisotopic (exact) mass is 444 g/mol. The first-order chi connectivity index (χ1) is 14.7. The van der Waals surface area contributed by atoms with Gasteiger partial charge in [0, 0.05) is 10.6 Å². The summed E-state index contributed by atoms with van der Waals surface area (Å²) in [4.78, 5) is 13.7. The summed E-state index contributed by atoms with van der Waals surface area (Å²) in [6, 6.07) is 13.9. The van der Waals surface area contributed by atoms with E-state index in [9.17, 15) is 18.0 Å². The molecular formula is C21H15F3N4O2S. The molecule has 0 saturated carbocycles. The van der Waals surface area contributed by atoms with Crippen LogP contribution in [0.3, 0.4) is 0 Å². The van der Waals surface area contributed by atoms with Crippen LogP contribution in [-0.4, -0.2) is 22.4 Å². The quantitative estimate of drug-likeness (QED) is 0.527. The molecule has 1 aromatic heterocycles. The van der Waals surface area contributed by atoms with Crippen LogP contribution < -0.4 is 10.1 Å². The van der Waals surface area contributed by atoms with Crippen molar-refractivity contribution in [2.45, 2.75) is 18.0 Å². The fourth-order valence-electron chi connectivity index (χ4n) is 2.59. The Hall–Kier alpha value is -3.58. The Morgan fingerprint density at radius 2 is 1.94 bits per heavy atom. The van der Waals surface area contributed by atoms with E-state index in [-0.39, 0.29) is 11.6 Å². The van der Waals surface area contributed by atoms with Gasteiger partial charge in [-0.3, -0.25) is 4.79 Å². The fraction of sp³-hybridized carbons (Fsp3) is 0.143. The van der Waals surface area contributed by atoms with Crippen LogP contribution >= 0.6 is 11.8 Å². The zero-order chi connectivity index (χ0) is 22.6. The smallest absolute Gasteiger partial charge is 0.435 e. The molecule has 1 amide bonds. The Morgan fingerprint density at radius 3 is 2.58 bits per heavy atom. The van der Waals surface area contributed by atoms with E-state index in [2.05, 4.69) is 15.5 Å². The second kappa shape index (κ2) is 9.06. The van der Waals surface area contributed by atoms with Gasteiger partial charge in [-0.1, -0.05) is 6.07 Å². The number of alkyl halides is 3. The molecule has 0 bridgehead atoms. The van der Waals surface area contributed by atoms with Gasteiger partial charge in [0.2, 0.25) is 0 Å². The van der Waals surface area contributed by atoms with Crippen molar-refractivity contribution in [3.8, 4) is 17.7 Å². The number of rotatable bonds is 5. The van der Waals surface area contributed by atoms with Crippen LogP contribution in [0.15, 0.2) is 53.4 Å². The fourth-order valence-corrected chi connectivity index (χ4v) is 3.05. The number of halogens is 3. The lowest BCUT2D eigenvalue weighted by molar-refractivity contribution is -0.141. The summed E-state index contributed by atoms with van der Waals surface area (Å²) in [6.45, 7) is 1.65. The zero-order valence-electron chi connectivity index (χ0n) is 16.3. The number of hydrogen-bond donors (Lipinski definition) is 1. The van der Waals surface area contributed by atoms with Gasteiger partial charge in [-0.25, -0.2) is 0 Å². The SMILES string of the molecule is CSc1cccc(NC(=O)c2cc(C(F)(F)F)nnc2Oc2ccc(C#N)cc2C)c1. The van der Waals surface area contributed by atoms with Gasteiger partial charge in [0.05, 0.1) is 11.6 Å². The summed E-state index contributed by atoms with van der Waals surface area (Å²) in [6.07, 6.45) is -2.93. The number of aromatic nitrogens is 2. The minimum atomic E-state index is -4.79. The summed E-state index contributed by atoms with van der Waals surface area (Å²) in [5.41, 5.74) is -0.419. The number of carbonyl (C=O) groups excluding carboxylic acids is 1. The van der Waals surface area contributed by atoms with E-state index in [1.807, 2.05) is 18.4 Å². The van der Waals surface area contributed by atoms with Crippen LogP contribution in [0.2, 0.25) is 0 Å². The number of nitrogens with one attached hydrogen (secondary N) is 1. The van der Waals surface area contributed by atoms with E-state index in [4.69, 9.17) is 10.00 Å². The number of thioether (sulfide) groups is 1. The predicted octanol–water partition coefficient (Wildman–Crippen LogP) is 5.44. The first-order valence-corrected chi connectivity index (χ1v) is 10.0. The number of benzene rings is 2. The van der Waals surface area contributed by atoms with Gasteiger partial charge in [0.1, 0.15) is 11.3 Å². The van der Waals surface area contributed by atoms with Crippen molar-refractivity contribution < 1.29 is 22.7 Å². The average molecular weight is 444 g/mol. The van der Waals surface area contributed by atoms with E-state index in [1.54, 1.807) is 31.2 Å². The first-order valence-electron chi connectivity index (χ1n) is 8.80. The van der Waals surface area contributed by atoms with Crippen molar-refractivity contribution in [2.24, 2.45) is 0 Å². The molecule has 3 aromatic rings. The Kier molecular flexibility index (Phi) is 6.46. The second-order valence-electron chi connectivity index (χ2n) is 6.33. The van der Waals surface area contributed by atoms with Gasteiger partial charge >= 0.3 is 6.18 Å². The Bertz CT molecular complexity index is 1180. The van der Waals surface area contributed by atoms with Gasteiger partial charge in [0.25, 0.3) is 11.8 Å². The van der Waals surface area contributed by atoms with E-state index in [1.165, 1.54) is 23.9 Å². The molecule has 1 N–H and O–H groups in total. The lowest BCUT2D eigenvalue weighted by Gasteiger charge is -2.14. The van der Waals surface area contributed by atoms with E-state index >= 15 is 0 Å². The molecule has 0 unspecified atom stereocenters. The van der Waals surface area contributed by atoms with Gasteiger partial charge in [-0.15, -0.1) is 22.0 Å². The minimum absolute atomic E-state index is 0.228. The normalized spacial score (nSPS) is 11.0. The van der Waals surface area contributed by atoms with Crippen LogP contribution in [-0.2, 0) is 6.18 Å². The number of nitriles is 1.